The van der Waals surface area contributed by atoms with E-state index in [1.54, 1.807) is 4.90 Å². The number of nitrogens with zero attached hydrogens (tertiary/aromatic N) is 2. The van der Waals surface area contributed by atoms with Crippen LogP contribution >= 0.6 is 0 Å². The highest BCUT2D eigenvalue weighted by atomic mass is 19.1. The fraction of sp³-hybridized carbons (Fsp3) is 0.409. The van der Waals surface area contributed by atoms with Crippen LogP contribution in [-0.4, -0.2) is 54.1 Å². The molecule has 2 aliphatic heterocycles. The van der Waals surface area contributed by atoms with Crippen LogP contribution in [0.3, 0.4) is 0 Å². The van der Waals surface area contributed by atoms with Crippen LogP contribution in [-0.2, 0) is 11.3 Å². The summed E-state index contributed by atoms with van der Waals surface area (Å²) in [6, 6.07) is 13.9. The molecule has 2 fully saturated rings. The lowest BCUT2D eigenvalue weighted by Gasteiger charge is -2.49. The zero-order chi connectivity index (χ0) is 19.5. The van der Waals surface area contributed by atoms with Crippen molar-refractivity contribution >= 4 is 5.91 Å². The summed E-state index contributed by atoms with van der Waals surface area (Å²) in [6.07, 6.45) is 1.94. The molecule has 2 saturated heterocycles. The van der Waals surface area contributed by atoms with Crippen LogP contribution in [0.4, 0.5) is 8.78 Å². The Morgan fingerprint density at radius 1 is 1.04 bits per heavy atom. The quantitative estimate of drug-likeness (QED) is 0.789. The minimum absolute atomic E-state index is 0.195. The summed E-state index contributed by atoms with van der Waals surface area (Å²) in [5.74, 6) is -1.73. The first kappa shape index (κ1) is 19.0. The van der Waals surface area contributed by atoms with Gasteiger partial charge in [0.1, 0.15) is 11.6 Å². The fourth-order valence-electron chi connectivity index (χ4n) is 4.03. The number of carbonyl (C=O) groups excluding carboxylic acids is 1. The minimum atomic E-state index is -0.680. The highest BCUT2D eigenvalue weighted by Gasteiger charge is 2.39. The Labute approximate surface area is 163 Å². The first-order valence-corrected chi connectivity index (χ1v) is 9.73. The van der Waals surface area contributed by atoms with Gasteiger partial charge in [0.25, 0.3) is 5.91 Å². The van der Waals surface area contributed by atoms with Crippen LogP contribution in [0.25, 0.3) is 0 Å². The molecular formula is C22H24F2N2O2. The Balaban J connectivity index is 1.45. The van der Waals surface area contributed by atoms with Gasteiger partial charge < -0.3 is 9.64 Å². The highest BCUT2D eigenvalue weighted by molar-refractivity contribution is 5.95. The molecule has 4 nitrogen and oxygen atoms in total. The average Bonchev–Trinajstić information content (AvgIpc) is 2.69. The first-order chi connectivity index (χ1) is 13.6. The molecule has 0 radical (unpaired) electrons. The molecule has 2 aromatic carbocycles. The summed E-state index contributed by atoms with van der Waals surface area (Å²) in [5, 5.41) is 0. The van der Waals surface area contributed by atoms with Crippen molar-refractivity contribution in [1.29, 1.82) is 0 Å². The number of rotatable bonds is 5. The van der Waals surface area contributed by atoms with Crippen molar-refractivity contribution in [3.8, 4) is 0 Å². The molecule has 0 aliphatic carbocycles. The zero-order valence-electron chi connectivity index (χ0n) is 15.7. The van der Waals surface area contributed by atoms with Crippen LogP contribution in [0.15, 0.2) is 48.5 Å². The second-order valence-electron chi connectivity index (χ2n) is 7.49. The van der Waals surface area contributed by atoms with Gasteiger partial charge in [0, 0.05) is 44.9 Å². The summed E-state index contributed by atoms with van der Waals surface area (Å²) in [6.45, 7) is 3.37. The van der Waals surface area contributed by atoms with E-state index < -0.39 is 17.5 Å². The van der Waals surface area contributed by atoms with Crippen LogP contribution in [0, 0.1) is 11.6 Å². The van der Waals surface area contributed by atoms with E-state index in [4.69, 9.17) is 4.74 Å². The van der Waals surface area contributed by atoms with Crippen molar-refractivity contribution in [1.82, 2.24) is 9.80 Å². The third-order valence-electron chi connectivity index (χ3n) is 5.65. The van der Waals surface area contributed by atoms with Gasteiger partial charge in [-0.3, -0.25) is 9.69 Å². The Morgan fingerprint density at radius 3 is 2.46 bits per heavy atom. The van der Waals surface area contributed by atoms with Crippen molar-refractivity contribution in [2.24, 2.45) is 0 Å². The summed E-state index contributed by atoms with van der Waals surface area (Å²) in [4.78, 5) is 16.6. The van der Waals surface area contributed by atoms with E-state index in [-0.39, 0.29) is 11.6 Å². The van der Waals surface area contributed by atoms with E-state index in [0.717, 1.165) is 50.8 Å². The van der Waals surface area contributed by atoms with Gasteiger partial charge in [-0.15, -0.1) is 0 Å². The Kier molecular flexibility index (Phi) is 5.69. The number of carbonyl (C=O) groups is 1. The molecule has 0 aromatic heterocycles. The lowest BCUT2D eigenvalue weighted by Crippen LogP contribution is -2.63. The standard InChI is InChI=1S/C22H24F2N2O2/c23-17-6-7-21(24)20(12-17)22(27)25-14-19(15-25)26(18-8-10-28-11-9-18)13-16-4-2-1-3-5-16/h1-7,12,18-19H,8-11,13-15H2. The molecule has 0 unspecified atom stereocenters. The molecule has 0 saturated carbocycles. The molecular weight excluding hydrogens is 362 g/mol. The average molecular weight is 386 g/mol. The second-order valence-corrected chi connectivity index (χ2v) is 7.49. The number of hydrogen-bond acceptors (Lipinski definition) is 3. The zero-order valence-corrected chi connectivity index (χ0v) is 15.7. The SMILES string of the molecule is O=C(c1cc(F)ccc1F)N1CC(N(Cc2ccccc2)C2CCOCC2)C1. The third kappa shape index (κ3) is 4.08. The van der Waals surface area contributed by atoms with Crippen molar-refractivity contribution in [3.05, 3.63) is 71.3 Å². The highest BCUT2D eigenvalue weighted by Crippen LogP contribution is 2.27. The monoisotopic (exact) mass is 386 g/mol. The van der Waals surface area contributed by atoms with Gasteiger partial charge >= 0.3 is 0 Å². The molecule has 4 rings (SSSR count). The molecule has 2 heterocycles. The predicted octanol–water partition coefficient (Wildman–Crippen LogP) is 3.47. The maximum atomic E-state index is 13.9. The third-order valence-corrected chi connectivity index (χ3v) is 5.65. The number of benzene rings is 2. The first-order valence-electron chi connectivity index (χ1n) is 9.73. The summed E-state index contributed by atoms with van der Waals surface area (Å²) in [5.41, 5.74) is 1.04. The van der Waals surface area contributed by atoms with Gasteiger partial charge in [0.15, 0.2) is 0 Å². The molecule has 0 spiro atoms. The molecule has 1 amide bonds. The van der Waals surface area contributed by atoms with Crippen LogP contribution < -0.4 is 0 Å². The van der Waals surface area contributed by atoms with Gasteiger partial charge in [-0.2, -0.15) is 0 Å². The number of amides is 1. The Hall–Kier alpha value is -2.31. The molecule has 6 heteroatoms. The van der Waals surface area contributed by atoms with Crippen LogP contribution in [0.2, 0.25) is 0 Å². The van der Waals surface area contributed by atoms with Crippen molar-refractivity contribution < 1.29 is 18.3 Å². The number of ether oxygens (including phenoxy) is 1. The van der Waals surface area contributed by atoms with Gasteiger partial charge in [0.2, 0.25) is 0 Å². The maximum Gasteiger partial charge on any atom is 0.257 e. The summed E-state index contributed by atoms with van der Waals surface area (Å²) < 4.78 is 32.9. The lowest BCUT2D eigenvalue weighted by atomic mass is 9.98. The molecule has 0 bridgehead atoms. The predicted molar refractivity (Wildman–Crippen MR) is 102 cm³/mol. The molecule has 2 aliphatic rings. The summed E-state index contributed by atoms with van der Waals surface area (Å²) >= 11 is 0. The largest absolute Gasteiger partial charge is 0.381 e. The lowest BCUT2D eigenvalue weighted by molar-refractivity contribution is -0.0290. The van der Waals surface area contributed by atoms with Crippen molar-refractivity contribution in [2.45, 2.75) is 31.5 Å². The summed E-state index contributed by atoms with van der Waals surface area (Å²) in [7, 11) is 0. The molecule has 2 aromatic rings. The topological polar surface area (TPSA) is 32.8 Å². The van der Waals surface area contributed by atoms with Gasteiger partial charge in [0.05, 0.1) is 5.56 Å². The fourth-order valence-corrected chi connectivity index (χ4v) is 4.03. The maximum absolute atomic E-state index is 13.9. The van der Waals surface area contributed by atoms with E-state index in [9.17, 15) is 13.6 Å². The van der Waals surface area contributed by atoms with Crippen molar-refractivity contribution in [3.63, 3.8) is 0 Å². The molecule has 0 atom stereocenters. The second kappa shape index (κ2) is 8.37. The van der Waals surface area contributed by atoms with Gasteiger partial charge in [-0.1, -0.05) is 30.3 Å². The molecule has 148 valence electrons. The van der Waals surface area contributed by atoms with E-state index in [1.165, 1.54) is 5.56 Å². The van der Waals surface area contributed by atoms with E-state index >= 15 is 0 Å². The smallest absolute Gasteiger partial charge is 0.257 e. The molecule has 28 heavy (non-hydrogen) atoms. The molecule has 0 N–H and O–H groups in total. The Bertz CT molecular complexity index is 819. The Morgan fingerprint density at radius 2 is 1.75 bits per heavy atom. The normalized spacial score (nSPS) is 18.3. The number of likely N-dealkylation sites (tertiary alicyclic amines) is 1. The number of hydrogen-bond donors (Lipinski definition) is 0. The van der Waals surface area contributed by atoms with Gasteiger partial charge in [-0.25, -0.2) is 8.78 Å². The number of halogens is 2. The van der Waals surface area contributed by atoms with Crippen LogP contribution in [0.1, 0.15) is 28.8 Å². The van der Waals surface area contributed by atoms with Crippen LogP contribution in [0.5, 0.6) is 0 Å². The van der Waals surface area contributed by atoms with E-state index in [0.29, 0.717) is 19.1 Å². The van der Waals surface area contributed by atoms with E-state index in [2.05, 4.69) is 17.0 Å². The van der Waals surface area contributed by atoms with Crippen molar-refractivity contribution in [2.75, 3.05) is 26.3 Å². The van der Waals surface area contributed by atoms with Gasteiger partial charge in [-0.05, 0) is 36.6 Å². The van der Waals surface area contributed by atoms with E-state index in [1.807, 2.05) is 18.2 Å². The minimum Gasteiger partial charge on any atom is -0.381 e.